The minimum absolute atomic E-state index is 0.00473. The highest BCUT2D eigenvalue weighted by molar-refractivity contribution is 9.09. The smallest absolute Gasteiger partial charge is 0.185 e. The molecule has 4 rings (SSSR count). The summed E-state index contributed by atoms with van der Waals surface area (Å²) < 4.78 is 0. The van der Waals surface area contributed by atoms with E-state index in [1.165, 1.54) is 11.1 Å². The zero-order valence-electron chi connectivity index (χ0n) is 17.8. The molecule has 164 valence electrons. The van der Waals surface area contributed by atoms with Crippen molar-refractivity contribution >= 4 is 37.6 Å². The van der Waals surface area contributed by atoms with Crippen LogP contribution in [0.4, 0.5) is 0 Å². The van der Waals surface area contributed by atoms with Crippen molar-refractivity contribution in [3.8, 4) is 0 Å². The predicted molar refractivity (Wildman–Crippen MR) is 134 cm³/mol. The third-order valence-electron chi connectivity index (χ3n) is 6.67. The molecule has 31 heavy (non-hydrogen) atoms. The lowest BCUT2D eigenvalue weighted by atomic mass is 9.75. The fourth-order valence-electron chi connectivity index (χ4n) is 5.25. The lowest BCUT2D eigenvalue weighted by Crippen LogP contribution is -2.27. The van der Waals surface area contributed by atoms with Gasteiger partial charge in [0.15, 0.2) is 5.78 Å². The van der Waals surface area contributed by atoms with Crippen LogP contribution in [0.15, 0.2) is 60.8 Å². The topological polar surface area (TPSA) is 33.2 Å². The van der Waals surface area contributed by atoms with E-state index in [-0.39, 0.29) is 17.6 Å². The Morgan fingerprint density at radius 2 is 1.68 bits per heavy atom. The second-order valence-electron chi connectivity index (χ2n) is 8.68. The first-order chi connectivity index (χ1) is 15.2. The molecule has 3 nitrogen and oxygen atoms in total. The summed E-state index contributed by atoms with van der Waals surface area (Å²) in [5.74, 6) is 1.26. The average molecular weight is 546 g/mol. The van der Waals surface area contributed by atoms with Crippen LogP contribution in [0.5, 0.6) is 0 Å². The standard InChI is InChI=1S/C26H30Br2N2O/c27-12-3-15-30(16-4-13-28)18-19-6-8-20(9-7-19)24-21-10-11-22(17-21)25(24)26(31)23-5-1-2-14-29-23/h1-2,5-11,14,21-22,24-25H,3-4,12-13,15-18H2/t21-,22+,24-,25-/m0/s1. The van der Waals surface area contributed by atoms with E-state index < -0.39 is 0 Å². The van der Waals surface area contributed by atoms with Gasteiger partial charge in [-0.1, -0.05) is 74.3 Å². The highest BCUT2D eigenvalue weighted by Crippen LogP contribution is 2.53. The number of ketones is 1. The maximum Gasteiger partial charge on any atom is 0.185 e. The van der Waals surface area contributed by atoms with Crippen LogP contribution >= 0.6 is 31.9 Å². The normalized spacial score (nSPS) is 24.2. The molecule has 2 bridgehead atoms. The number of pyridine rings is 1. The van der Waals surface area contributed by atoms with Crippen molar-refractivity contribution in [1.82, 2.24) is 9.88 Å². The number of allylic oxidation sites excluding steroid dienone is 2. The number of rotatable bonds is 11. The molecule has 1 heterocycles. The zero-order chi connectivity index (χ0) is 21.6. The first-order valence-electron chi connectivity index (χ1n) is 11.3. The van der Waals surface area contributed by atoms with Crippen LogP contribution in [0.2, 0.25) is 0 Å². The van der Waals surface area contributed by atoms with Crippen LogP contribution in [-0.4, -0.2) is 39.4 Å². The Morgan fingerprint density at radius 3 is 2.32 bits per heavy atom. The maximum absolute atomic E-state index is 13.3. The van der Waals surface area contributed by atoms with Gasteiger partial charge in [-0.25, -0.2) is 0 Å². The molecule has 1 fully saturated rings. The Kier molecular flexibility index (Phi) is 8.13. The lowest BCUT2D eigenvalue weighted by Gasteiger charge is -2.28. The molecule has 0 amide bonds. The number of hydrogen-bond donors (Lipinski definition) is 0. The van der Waals surface area contributed by atoms with E-state index in [0.717, 1.165) is 49.6 Å². The third-order valence-corrected chi connectivity index (χ3v) is 7.79. The molecule has 0 radical (unpaired) electrons. The van der Waals surface area contributed by atoms with E-state index >= 15 is 0 Å². The number of carbonyl (C=O) groups excluding carboxylic acids is 1. The van der Waals surface area contributed by atoms with Crippen molar-refractivity contribution in [2.75, 3.05) is 23.7 Å². The van der Waals surface area contributed by atoms with Crippen molar-refractivity contribution in [3.63, 3.8) is 0 Å². The van der Waals surface area contributed by atoms with Gasteiger partial charge in [0.2, 0.25) is 0 Å². The molecular formula is C26H30Br2N2O. The van der Waals surface area contributed by atoms with Crippen LogP contribution < -0.4 is 0 Å². The average Bonchev–Trinajstić information content (AvgIpc) is 3.43. The summed E-state index contributed by atoms with van der Waals surface area (Å²) in [5.41, 5.74) is 3.24. The molecule has 2 aromatic rings. The molecule has 0 unspecified atom stereocenters. The molecule has 0 saturated heterocycles. The molecule has 1 aromatic heterocycles. The van der Waals surface area contributed by atoms with Gasteiger partial charge in [0.05, 0.1) is 0 Å². The zero-order valence-corrected chi connectivity index (χ0v) is 21.0. The molecule has 2 aliphatic carbocycles. The summed E-state index contributed by atoms with van der Waals surface area (Å²) in [6.07, 6.45) is 9.71. The van der Waals surface area contributed by atoms with Gasteiger partial charge in [0.25, 0.3) is 0 Å². The third kappa shape index (κ3) is 5.37. The Morgan fingerprint density at radius 1 is 0.968 bits per heavy atom. The van der Waals surface area contributed by atoms with Crippen LogP contribution in [0.25, 0.3) is 0 Å². The number of carbonyl (C=O) groups is 1. The fourth-order valence-corrected chi connectivity index (χ4v) is 5.76. The van der Waals surface area contributed by atoms with Gasteiger partial charge >= 0.3 is 0 Å². The number of halogens is 2. The van der Waals surface area contributed by atoms with E-state index in [0.29, 0.717) is 17.5 Å². The van der Waals surface area contributed by atoms with Gasteiger partial charge in [-0.05, 0) is 67.4 Å². The summed E-state index contributed by atoms with van der Waals surface area (Å²) in [7, 11) is 0. The molecule has 1 saturated carbocycles. The monoisotopic (exact) mass is 544 g/mol. The van der Waals surface area contributed by atoms with E-state index in [9.17, 15) is 4.79 Å². The summed E-state index contributed by atoms with van der Waals surface area (Å²) in [6, 6.07) is 14.7. The number of Topliss-reactive ketones (excluding diaryl/α,β-unsaturated/α-hetero) is 1. The SMILES string of the molecule is O=C(c1ccccn1)[C@@H]1[C@@H](c2ccc(CN(CCCBr)CCCBr)cc2)[C@H]2C=C[C@@H]1C2. The van der Waals surface area contributed by atoms with Gasteiger partial charge in [0, 0.05) is 35.2 Å². The molecule has 0 aliphatic heterocycles. The number of benzene rings is 1. The Labute approximate surface area is 202 Å². The quantitative estimate of drug-likeness (QED) is 0.190. The summed E-state index contributed by atoms with van der Waals surface area (Å²) in [4.78, 5) is 20.2. The van der Waals surface area contributed by atoms with Crippen molar-refractivity contribution < 1.29 is 4.79 Å². The van der Waals surface area contributed by atoms with Gasteiger partial charge < -0.3 is 0 Å². The number of fused-ring (bicyclic) bond motifs is 2. The van der Waals surface area contributed by atoms with Crippen molar-refractivity contribution in [2.24, 2.45) is 17.8 Å². The molecule has 4 atom stereocenters. The number of nitrogens with zero attached hydrogens (tertiary/aromatic N) is 2. The number of hydrogen-bond acceptors (Lipinski definition) is 3. The molecular weight excluding hydrogens is 516 g/mol. The predicted octanol–water partition coefficient (Wildman–Crippen LogP) is 6.24. The van der Waals surface area contributed by atoms with Crippen LogP contribution in [0.3, 0.4) is 0 Å². The number of alkyl halides is 2. The second kappa shape index (κ2) is 11.0. The van der Waals surface area contributed by atoms with E-state index in [1.807, 2.05) is 18.2 Å². The lowest BCUT2D eigenvalue weighted by molar-refractivity contribution is 0.0881. The highest BCUT2D eigenvalue weighted by atomic mass is 79.9. The Hall–Kier alpha value is -1.30. The highest BCUT2D eigenvalue weighted by Gasteiger charge is 2.48. The van der Waals surface area contributed by atoms with E-state index in [4.69, 9.17) is 0 Å². The first-order valence-corrected chi connectivity index (χ1v) is 13.5. The van der Waals surface area contributed by atoms with Crippen LogP contribution in [0.1, 0.15) is 46.8 Å². The van der Waals surface area contributed by atoms with Gasteiger partial charge in [-0.2, -0.15) is 0 Å². The van der Waals surface area contributed by atoms with Crippen molar-refractivity contribution in [2.45, 2.75) is 31.7 Å². The van der Waals surface area contributed by atoms with E-state index in [1.54, 1.807) is 6.20 Å². The second-order valence-corrected chi connectivity index (χ2v) is 10.3. The van der Waals surface area contributed by atoms with Crippen LogP contribution in [0, 0.1) is 17.8 Å². The van der Waals surface area contributed by atoms with Crippen molar-refractivity contribution in [1.29, 1.82) is 0 Å². The summed E-state index contributed by atoms with van der Waals surface area (Å²) >= 11 is 7.11. The van der Waals surface area contributed by atoms with Gasteiger partial charge in [-0.3, -0.25) is 14.7 Å². The van der Waals surface area contributed by atoms with Crippen molar-refractivity contribution in [3.05, 3.63) is 77.6 Å². The molecule has 5 heteroatoms. The molecule has 0 N–H and O–H groups in total. The largest absolute Gasteiger partial charge is 0.299 e. The van der Waals surface area contributed by atoms with Gasteiger partial charge in [-0.15, -0.1) is 0 Å². The first kappa shape index (κ1) is 22.9. The summed E-state index contributed by atoms with van der Waals surface area (Å²) in [6.45, 7) is 3.20. The summed E-state index contributed by atoms with van der Waals surface area (Å²) in [5, 5.41) is 2.08. The van der Waals surface area contributed by atoms with Crippen LogP contribution in [-0.2, 0) is 6.54 Å². The minimum atomic E-state index is 0.00473. The Bertz CT molecular complexity index is 876. The minimum Gasteiger partial charge on any atom is -0.299 e. The fraction of sp³-hybridized carbons (Fsp3) is 0.462. The molecule has 1 aromatic carbocycles. The molecule has 0 spiro atoms. The molecule has 2 aliphatic rings. The van der Waals surface area contributed by atoms with Gasteiger partial charge in [0.1, 0.15) is 5.69 Å². The maximum atomic E-state index is 13.3. The Balaban J connectivity index is 1.49. The van der Waals surface area contributed by atoms with E-state index in [2.05, 4.69) is 78.2 Å². The number of aromatic nitrogens is 1.